The van der Waals surface area contributed by atoms with E-state index in [0.717, 1.165) is 25.9 Å². The third-order valence-corrected chi connectivity index (χ3v) is 5.11. The Bertz CT molecular complexity index is 778. The maximum Gasteiger partial charge on any atom is 0.261 e. The number of fused-ring (bicyclic) bond motifs is 1. The Morgan fingerprint density at radius 2 is 1.89 bits per heavy atom. The van der Waals surface area contributed by atoms with Gasteiger partial charge in [-0.25, -0.2) is 0 Å². The number of ether oxygens (including phenoxy) is 2. The first-order valence-electron chi connectivity index (χ1n) is 10.1. The summed E-state index contributed by atoms with van der Waals surface area (Å²) in [4.78, 5) is 15.0. The highest BCUT2D eigenvalue weighted by atomic mass is 16.5. The van der Waals surface area contributed by atoms with Crippen LogP contribution in [0, 0.1) is 0 Å². The van der Waals surface area contributed by atoms with E-state index in [1.54, 1.807) is 7.11 Å². The van der Waals surface area contributed by atoms with Crippen molar-refractivity contribution in [3.63, 3.8) is 0 Å². The monoisotopic (exact) mass is 382 g/mol. The molecule has 5 nitrogen and oxygen atoms in total. The van der Waals surface area contributed by atoms with Gasteiger partial charge in [0, 0.05) is 25.3 Å². The molecule has 1 heterocycles. The molecule has 0 radical (unpaired) electrons. The number of hydrogen-bond donors (Lipinski definition) is 1. The topological polar surface area (TPSA) is 50.8 Å². The van der Waals surface area contributed by atoms with Crippen molar-refractivity contribution >= 4 is 11.6 Å². The first-order valence-corrected chi connectivity index (χ1v) is 10.1. The zero-order chi connectivity index (χ0) is 19.8. The molecule has 1 aliphatic rings. The van der Waals surface area contributed by atoms with Gasteiger partial charge in [-0.05, 0) is 49.4 Å². The molecule has 150 valence electrons. The van der Waals surface area contributed by atoms with Crippen molar-refractivity contribution in [3.8, 4) is 11.5 Å². The summed E-state index contributed by atoms with van der Waals surface area (Å²) in [6.07, 6.45) is 3.33. The molecule has 0 unspecified atom stereocenters. The molecule has 1 N–H and O–H groups in total. The van der Waals surface area contributed by atoms with Gasteiger partial charge in [0.2, 0.25) is 0 Å². The molecule has 28 heavy (non-hydrogen) atoms. The molecule has 2 aromatic rings. The molecule has 5 heteroatoms. The minimum absolute atomic E-state index is 0.0764. The average molecular weight is 383 g/mol. The number of anilines is 1. The third kappa shape index (κ3) is 4.97. The molecular formula is C23H30N2O3. The van der Waals surface area contributed by atoms with Crippen LogP contribution >= 0.6 is 0 Å². The van der Waals surface area contributed by atoms with Gasteiger partial charge in [0.15, 0.2) is 17.6 Å². The summed E-state index contributed by atoms with van der Waals surface area (Å²) in [5.74, 6) is 1.15. The summed E-state index contributed by atoms with van der Waals surface area (Å²) < 4.78 is 11.2. The van der Waals surface area contributed by atoms with Crippen molar-refractivity contribution in [2.24, 2.45) is 0 Å². The van der Waals surface area contributed by atoms with Crippen LogP contribution in [-0.4, -0.2) is 38.8 Å². The summed E-state index contributed by atoms with van der Waals surface area (Å²) in [7, 11) is 1.60. The van der Waals surface area contributed by atoms with E-state index in [1.807, 2.05) is 31.2 Å². The van der Waals surface area contributed by atoms with Gasteiger partial charge in [-0.1, -0.05) is 37.3 Å². The molecule has 0 spiro atoms. The van der Waals surface area contributed by atoms with Gasteiger partial charge in [-0.2, -0.15) is 0 Å². The number of para-hydroxylation sites is 3. The van der Waals surface area contributed by atoms with Crippen molar-refractivity contribution in [1.82, 2.24) is 5.32 Å². The zero-order valence-electron chi connectivity index (χ0n) is 16.8. The highest BCUT2D eigenvalue weighted by Gasteiger charge is 2.20. The first kappa shape index (κ1) is 20.1. The number of hydrogen-bond acceptors (Lipinski definition) is 4. The Balaban J connectivity index is 1.47. The predicted molar refractivity (Wildman–Crippen MR) is 112 cm³/mol. The predicted octanol–water partition coefficient (Wildman–Crippen LogP) is 3.81. The van der Waals surface area contributed by atoms with Crippen LogP contribution in [0.5, 0.6) is 11.5 Å². The quantitative estimate of drug-likeness (QED) is 0.670. The maximum atomic E-state index is 12.5. The van der Waals surface area contributed by atoms with E-state index in [9.17, 15) is 4.79 Å². The number of carbonyl (C=O) groups is 1. The summed E-state index contributed by atoms with van der Waals surface area (Å²) in [6.45, 7) is 4.62. The minimum Gasteiger partial charge on any atom is -0.493 e. The fourth-order valence-electron chi connectivity index (χ4n) is 3.63. The van der Waals surface area contributed by atoms with Gasteiger partial charge in [-0.3, -0.25) is 4.79 Å². The number of amides is 1. The van der Waals surface area contributed by atoms with E-state index in [0.29, 0.717) is 24.5 Å². The van der Waals surface area contributed by atoms with E-state index in [4.69, 9.17) is 9.47 Å². The summed E-state index contributed by atoms with van der Waals surface area (Å²) in [5.41, 5.74) is 2.76. The minimum atomic E-state index is -0.521. The van der Waals surface area contributed by atoms with Crippen molar-refractivity contribution in [2.75, 3.05) is 31.6 Å². The summed E-state index contributed by atoms with van der Waals surface area (Å²) in [5, 5.41) is 3.02. The van der Waals surface area contributed by atoms with E-state index < -0.39 is 6.10 Å². The number of benzene rings is 2. The van der Waals surface area contributed by atoms with E-state index in [-0.39, 0.29) is 5.91 Å². The van der Waals surface area contributed by atoms with Gasteiger partial charge in [0.1, 0.15) is 0 Å². The standard InChI is InChI=1S/C23H30N2O3/c1-3-20(28-22-14-7-6-13-21(22)27-2)23(26)24-15-9-17-25-16-8-11-18-10-4-5-12-19(18)25/h4-7,10,12-14,20H,3,8-9,11,15-17H2,1-2H3,(H,24,26)/t20-/m1/s1. The van der Waals surface area contributed by atoms with Crippen LogP contribution in [-0.2, 0) is 11.2 Å². The van der Waals surface area contributed by atoms with Gasteiger partial charge in [0.25, 0.3) is 5.91 Å². The SMILES string of the molecule is CC[C@@H](Oc1ccccc1OC)C(=O)NCCCN1CCCc2ccccc21. The van der Waals surface area contributed by atoms with Crippen molar-refractivity contribution in [3.05, 3.63) is 54.1 Å². The first-order chi connectivity index (χ1) is 13.7. The number of nitrogens with one attached hydrogen (secondary N) is 1. The largest absolute Gasteiger partial charge is 0.493 e. The van der Waals surface area contributed by atoms with Crippen LogP contribution in [0.15, 0.2) is 48.5 Å². The lowest BCUT2D eigenvalue weighted by Crippen LogP contribution is -2.39. The molecular weight excluding hydrogens is 352 g/mol. The van der Waals surface area contributed by atoms with Crippen LogP contribution in [0.3, 0.4) is 0 Å². The molecule has 0 fully saturated rings. The Hall–Kier alpha value is -2.69. The zero-order valence-corrected chi connectivity index (χ0v) is 16.8. The van der Waals surface area contributed by atoms with Crippen LogP contribution in [0.1, 0.15) is 31.7 Å². The van der Waals surface area contributed by atoms with Gasteiger partial charge in [0.05, 0.1) is 7.11 Å². The average Bonchev–Trinajstić information content (AvgIpc) is 2.75. The second kappa shape index (κ2) is 10.0. The van der Waals surface area contributed by atoms with Crippen LogP contribution in [0.2, 0.25) is 0 Å². The second-order valence-corrected chi connectivity index (χ2v) is 7.03. The van der Waals surface area contributed by atoms with E-state index in [1.165, 1.54) is 17.7 Å². The molecule has 0 aliphatic carbocycles. The summed E-state index contributed by atoms with van der Waals surface area (Å²) >= 11 is 0. The lowest BCUT2D eigenvalue weighted by molar-refractivity contribution is -0.128. The van der Waals surface area contributed by atoms with Crippen molar-refractivity contribution in [1.29, 1.82) is 0 Å². The van der Waals surface area contributed by atoms with Crippen LogP contribution in [0.4, 0.5) is 5.69 Å². The smallest absolute Gasteiger partial charge is 0.261 e. The Morgan fingerprint density at radius 3 is 2.68 bits per heavy atom. The fourth-order valence-corrected chi connectivity index (χ4v) is 3.63. The van der Waals surface area contributed by atoms with Gasteiger partial charge >= 0.3 is 0 Å². The number of aryl methyl sites for hydroxylation is 1. The van der Waals surface area contributed by atoms with Gasteiger partial charge in [-0.15, -0.1) is 0 Å². The number of carbonyl (C=O) groups excluding carboxylic acids is 1. The third-order valence-electron chi connectivity index (χ3n) is 5.11. The molecule has 0 aromatic heterocycles. The summed E-state index contributed by atoms with van der Waals surface area (Å²) in [6, 6.07) is 16.0. The lowest BCUT2D eigenvalue weighted by Gasteiger charge is -2.31. The Kier molecular flexibility index (Phi) is 7.18. The molecule has 2 aromatic carbocycles. The van der Waals surface area contributed by atoms with Crippen molar-refractivity contribution < 1.29 is 14.3 Å². The molecule has 1 atom stereocenters. The van der Waals surface area contributed by atoms with Crippen LogP contribution in [0.25, 0.3) is 0 Å². The number of methoxy groups -OCH3 is 1. The molecule has 1 amide bonds. The fraction of sp³-hybridized carbons (Fsp3) is 0.435. The molecule has 1 aliphatic heterocycles. The molecule has 0 bridgehead atoms. The lowest BCUT2D eigenvalue weighted by atomic mass is 10.0. The van der Waals surface area contributed by atoms with Crippen molar-refractivity contribution in [2.45, 2.75) is 38.7 Å². The Morgan fingerprint density at radius 1 is 1.14 bits per heavy atom. The Labute approximate surface area is 167 Å². The molecule has 3 rings (SSSR count). The van der Waals surface area contributed by atoms with Gasteiger partial charge < -0.3 is 19.7 Å². The number of rotatable bonds is 9. The molecule has 0 saturated heterocycles. The van der Waals surface area contributed by atoms with Crippen LogP contribution < -0.4 is 19.7 Å². The maximum absolute atomic E-state index is 12.5. The highest BCUT2D eigenvalue weighted by Crippen LogP contribution is 2.28. The molecule has 0 saturated carbocycles. The van der Waals surface area contributed by atoms with E-state index in [2.05, 4.69) is 34.5 Å². The second-order valence-electron chi connectivity index (χ2n) is 7.03. The highest BCUT2D eigenvalue weighted by molar-refractivity contribution is 5.81. The number of nitrogens with zero attached hydrogens (tertiary/aromatic N) is 1. The normalized spacial score (nSPS) is 14.1. The van der Waals surface area contributed by atoms with E-state index >= 15 is 0 Å².